The van der Waals surface area contributed by atoms with Gasteiger partial charge in [-0.3, -0.25) is 57.5 Å². The molecular formula is C78H134N12O14. The molecule has 11 atom stereocenters. The fraction of sp³-hybridized carbons (Fsp3) is 0.846. The third-order valence-electron chi connectivity index (χ3n) is 23.1. The predicted octanol–water partition coefficient (Wildman–Crippen LogP) is 6.12. The van der Waals surface area contributed by atoms with Gasteiger partial charge in [0.25, 0.3) is 0 Å². The number of likely N-dealkylation sites (N-methyl/N-ethyl adjacent to an activating group) is 7. The van der Waals surface area contributed by atoms with Crippen molar-refractivity contribution >= 4 is 70.9 Å². The van der Waals surface area contributed by atoms with E-state index < -0.39 is 162 Å². The third kappa shape index (κ3) is 23.8. The summed E-state index contributed by atoms with van der Waals surface area (Å²) in [5.41, 5.74) is -0.826. The van der Waals surface area contributed by atoms with Gasteiger partial charge in [-0.05, 0) is 127 Å². The summed E-state index contributed by atoms with van der Waals surface area (Å²) in [7, 11) is 10.3. The molecule has 26 nitrogen and oxygen atoms in total. The maximum absolute atomic E-state index is 16.1. The van der Waals surface area contributed by atoms with E-state index in [4.69, 9.17) is 4.74 Å². The SMILES string of the molecule is CC(C)C[C@@H]1NC(=O)[C@H](CC2CCCCC2)N(C)C(=O)[C@H]2CCCN2C(=O)C[C@@H](C(=O)N2CCCCC2)N(C)C(=O)[C@H](CC2CCCCC2)N(C)C(=O)[C@H](CC2CCCCC2)N(C)C(=O)[C@H](COC(C)(C)C)NC(=O)[C@H](C(C)C)N(C)C(=O)CN(C)C(=O)[C@H]([C@@H](C)O)NC(=O)[C@H](CC(C)C)N(C)C1=O. The summed E-state index contributed by atoms with van der Waals surface area (Å²) >= 11 is 0. The molecule has 0 aromatic heterocycles. The lowest BCUT2D eigenvalue weighted by Crippen LogP contribution is -2.62. The molecule has 3 saturated heterocycles. The van der Waals surface area contributed by atoms with Gasteiger partial charge in [-0.1, -0.05) is 138 Å². The second-order valence-corrected chi connectivity index (χ2v) is 33.8. The Morgan fingerprint density at radius 1 is 0.462 bits per heavy atom. The Morgan fingerprint density at radius 2 is 0.904 bits per heavy atom. The van der Waals surface area contributed by atoms with Crippen LogP contribution in [-0.4, -0.2) is 274 Å². The number of aliphatic hydroxyl groups excluding tert-OH is 1. The summed E-state index contributed by atoms with van der Waals surface area (Å²) in [4.78, 5) is 196. The number of nitrogens with zero attached hydrogens (tertiary/aromatic N) is 9. The van der Waals surface area contributed by atoms with Crippen LogP contribution in [0.2, 0.25) is 0 Å². The molecule has 0 spiro atoms. The van der Waals surface area contributed by atoms with E-state index in [-0.39, 0.29) is 81.3 Å². The van der Waals surface area contributed by atoms with Gasteiger partial charge in [0.15, 0.2) is 0 Å². The average molecular weight is 1460 g/mol. The highest BCUT2D eigenvalue weighted by Gasteiger charge is 2.48. The molecule has 3 aliphatic carbocycles. The lowest BCUT2D eigenvalue weighted by Gasteiger charge is -2.41. The van der Waals surface area contributed by atoms with E-state index in [0.717, 1.165) is 120 Å². The number of nitrogens with one attached hydrogen (secondary N) is 3. The number of carbonyl (C=O) groups excluding carboxylic acids is 12. The Balaban J connectivity index is 1.51. The number of hydrogen-bond donors (Lipinski definition) is 4. The smallest absolute Gasteiger partial charge is 0.248 e. The first-order chi connectivity index (χ1) is 48.9. The van der Waals surface area contributed by atoms with Crippen LogP contribution in [0.1, 0.15) is 236 Å². The summed E-state index contributed by atoms with van der Waals surface area (Å²) < 4.78 is 6.28. The van der Waals surface area contributed by atoms with Crippen molar-refractivity contribution in [3.63, 3.8) is 0 Å². The van der Waals surface area contributed by atoms with Gasteiger partial charge < -0.3 is 69.9 Å². The van der Waals surface area contributed by atoms with Crippen molar-refractivity contribution in [3.05, 3.63) is 0 Å². The summed E-state index contributed by atoms with van der Waals surface area (Å²) in [5, 5.41) is 19.9. The van der Waals surface area contributed by atoms with E-state index in [1.807, 2.05) is 27.7 Å². The van der Waals surface area contributed by atoms with Crippen LogP contribution in [0.4, 0.5) is 0 Å². The van der Waals surface area contributed by atoms with Gasteiger partial charge in [0.05, 0.1) is 31.3 Å². The van der Waals surface area contributed by atoms with Crippen LogP contribution in [0.15, 0.2) is 0 Å². The van der Waals surface area contributed by atoms with Gasteiger partial charge in [0.2, 0.25) is 70.9 Å². The minimum atomic E-state index is -1.63. The number of ether oxygens (including phenoxy) is 1. The molecule has 3 heterocycles. The first kappa shape index (κ1) is 86.5. The highest BCUT2D eigenvalue weighted by atomic mass is 16.5. The first-order valence-corrected chi connectivity index (χ1v) is 39.6. The van der Waals surface area contributed by atoms with Crippen LogP contribution in [-0.2, 0) is 62.3 Å². The van der Waals surface area contributed by atoms with Crippen molar-refractivity contribution < 1.29 is 67.4 Å². The fourth-order valence-corrected chi connectivity index (χ4v) is 16.8. The molecule has 104 heavy (non-hydrogen) atoms. The highest BCUT2D eigenvalue weighted by molar-refractivity contribution is 6.00. The van der Waals surface area contributed by atoms with Gasteiger partial charge in [-0.25, -0.2) is 0 Å². The van der Waals surface area contributed by atoms with Gasteiger partial charge in [0.1, 0.15) is 60.4 Å². The summed E-state index contributed by atoms with van der Waals surface area (Å²) in [5.74, 6) is -8.35. The second-order valence-electron chi connectivity index (χ2n) is 33.8. The van der Waals surface area contributed by atoms with Gasteiger partial charge >= 0.3 is 0 Å². The van der Waals surface area contributed by atoms with Crippen molar-refractivity contribution in [2.24, 2.45) is 35.5 Å². The van der Waals surface area contributed by atoms with Gasteiger partial charge in [-0.15, -0.1) is 0 Å². The molecule has 4 N–H and O–H groups in total. The molecule has 0 unspecified atom stereocenters. The zero-order chi connectivity index (χ0) is 77.2. The summed E-state index contributed by atoms with van der Waals surface area (Å²) in [6.07, 6.45) is 15.4. The zero-order valence-corrected chi connectivity index (χ0v) is 66.5. The molecule has 6 fully saturated rings. The van der Waals surface area contributed by atoms with E-state index in [0.29, 0.717) is 19.5 Å². The topological polar surface area (TPSA) is 300 Å². The minimum Gasteiger partial charge on any atom is -0.391 e. The van der Waals surface area contributed by atoms with Crippen molar-refractivity contribution in [2.45, 2.75) is 308 Å². The number of piperidine rings is 1. The van der Waals surface area contributed by atoms with E-state index in [9.17, 15) is 19.5 Å². The van der Waals surface area contributed by atoms with Crippen molar-refractivity contribution in [2.75, 3.05) is 82.1 Å². The van der Waals surface area contributed by atoms with Crippen LogP contribution in [0.25, 0.3) is 0 Å². The number of amides is 12. The lowest BCUT2D eigenvalue weighted by atomic mass is 9.83. The van der Waals surface area contributed by atoms with Crippen LogP contribution < -0.4 is 16.0 Å². The maximum Gasteiger partial charge on any atom is 0.248 e. The number of likely N-dealkylation sites (tertiary alicyclic amines) is 1. The lowest BCUT2D eigenvalue weighted by molar-refractivity contribution is -0.157. The molecule has 6 aliphatic rings. The van der Waals surface area contributed by atoms with Crippen molar-refractivity contribution in [1.29, 1.82) is 0 Å². The summed E-state index contributed by atoms with van der Waals surface area (Å²) in [6, 6.07) is -12.6. The molecular weight excluding hydrogens is 1330 g/mol. The molecule has 3 saturated carbocycles. The number of hydrogen-bond acceptors (Lipinski definition) is 14. The Bertz CT molecular complexity index is 2920. The molecule has 0 radical (unpaired) electrons. The van der Waals surface area contributed by atoms with Crippen LogP contribution in [0, 0.1) is 35.5 Å². The molecule has 0 bridgehead atoms. The number of fused-ring (bicyclic) bond motifs is 1. The predicted molar refractivity (Wildman–Crippen MR) is 397 cm³/mol. The quantitative estimate of drug-likeness (QED) is 0.144. The largest absolute Gasteiger partial charge is 0.391 e. The van der Waals surface area contributed by atoms with Crippen molar-refractivity contribution in [3.8, 4) is 0 Å². The molecule has 3 aliphatic heterocycles. The van der Waals surface area contributed by atoms with E-state index in [1.165, 1.54) is 76.5 Å². The fourth-order valence-electron chi connectivity index (χ4n) is 16.8. The van der Waals surface area contributed by atoms with E-state index in [1.54, 1.807) is 53.6 Å². The van der Waals surface area contributed by atoms with Gasteiger partial charge in [0, 0.05) is 69.0 Å². The zero-order valence-electron chi connectivity index (χ0n) is 66.5. The minimum absolute atomic E-state index is 0.0122. The number of aliphatic hydroxyl groups is 1. The van der Waals surface area contributed by atoms with Crippen LogP contribution in [0.5, 0.6) is 0 Å². The standard InChI is InChI=1S/C78H134N12O14/c1-49(2)41-56-71(97)83(12)59(42-50(3)4)69(95)81-66(52(7)91)77(103)82(11)47-65(93)88(17)67(51(5)6)70(96)80-57(48-104-78(8,9)10)72(98)85(14)61(44-54-33-24-19-25-34-54)74(100)86(15)62(45-55-35-26-20-27-36-55)75(101)87(16)63(76(102)89-38-28-21-29-39-89)46-64(92)90-40-30-37-58(90)73(99)84(13)60(68(94)79-56)43-53-31-22-18-23-32-53/h49-63,66-67,91H,18-48H2,1-17H3,(H,79,94)(H,80,96)(H,81,95)/t52-,56+,57+,58-,59+,60+,61+,62+,63+,66+,67+/m1/s1. The maximum atomic E-state index is 16.1. The van der Waals surface area contributed by atoms with Crippen LogP contribution in [0.3, 0.4) is 0 Å². The first-order valence-electron chi connectivity index (χ1n) is 39.6. The summed E-state index contributed by atoms with van der Waals surface area (Å²) in [6.45, 7) is 17.7. The normalized spacial score (nSPS) is 28.6. The van der Waals surface area contributed by atoms with Gasteiger partial charge in [-0.2, -0.15) is 0 Å². The Morgan fingerprint density at radius 3 is 1.39 bits per heavy atom. The molecule has 26 heteroatoms. The Labute approximate surface area is 621 Å². The Kier molecular flexibility index (Phi) is 33.2. The average Bonchev–Trinajstić information content (AvgIpc) is 1.30. The Hall–Kier alpha value is -6.44. The third-order valence-corrected chi connectivity index (χ3v) is 23.1. The highest BCUT2D eigenvalue weighted by Crippen LogP contribution is 2.35. The van der Waals surface area contributed by atoms with Crippen molar-refractivity contribution in [1.82, 2.24) is 60.0 Å². The molecule has 590 valence electrons. The molecule has 0 aromatic rings. The van der Waals surface area contributed by atoms with Crippen LogP contribution >= 0.6 is 0 Å². The number of rotatable bonds is 15. The van der Waals surface area contributed by atoms with E-state index >= 15 is 43.2 Å². The number of carbonyl (C=O) groups is 12. The molecule has 12 amide bonds. The molecule has 6 rings (SSSR count). The van der Waals surface area contributed by atoms with E-state index in [2.05, 4.69) is 16.0 Å². The second kappa shape index (κ2) is 40.0. The molecule has 0 aromatic carbocycles. The monoisotopic (exact) mass is 1460 g/mol.